The number of carbonyl (C=O) groups is 1. The largest absolute Gasteiger partial charge is 0.333 e. The zero-order chi connectivity index (χ0) is 13.1. The van der Waals surface area contributed by atoms with E-state index in [1.807, 2.05) is 12.1 Å². The van der Waals surface area contributed by atoms with E-state index in [9.17, 15) is 4.79 Å². The molecule has 2 saturated heterocycles. The van der Waals surface area contributed by atoms with Gasteiger partial charge in [0.2, 0.25) is 0 Å². The Hall–Kier alpha value is -1.62. The van der Waals surface area contributed by atoms with Crippen molar-refractivity contribution in [3.05, 3.63) is 24.4 Å². The number of anilines is 1. The standard InChI is InChI=1S/C14H20N4O/c19-14(17-13-6-1-3-8-15-13)16-11-7-10-18-9-4-2-5-12(11)18/h1,3,6,8,11-12H,2,4-5,7,9-10H2,(H2,15,16,17,19)/t11-,12+/m1/s1. The smallest absolute Gasteiger partial charge is 0.320 e. The first-order valence-electron chi connectivity index (χ1n) is 7.05. The summed E-state index contributed by atoms with van der Waals surface area (Å²) in [4.78, 5) is 18.6. The third-order valence-corrected chi connectivity index (χ3v) is 4.08. The Morgan fingerprint density at radius 1 is 1.26 bits per heavy atom. The Morgan fingerprint density at radius 3 is 3.05 bits per heavy atom. The number of nitrogens with zero attached hydrogens (tertiary/aromatic N) is 2. The number of urea groups is 1. The summed E-state index contributed by atoms with van der Waals surface area (Å²) in [6.07, 6.45) is 6.51. The molecule has 1 aromatic heterocycles. The number of pyridine rings is 1. The third-order valence-electron chi connectivity index (χ3n) is 4.08. The molecular weight excluding hydrogens is 240 g/mol. The molecule has 0 bridgehead atoms. The van der Waals surface area contributed by atoms with Crippen molar-refractivity contribution in [2.45, 2.75) is 37.8 Å². The molecule has 1 aromatic rings. The van der Waals surface area contributed by atoms with E-state index in [1.54, 1.807) is 12.3 Å². The van der Waals surface area contributed by atoms with Gasteiger partial charge in [0.25, 0.3) is 0 Å². The molecular formula is C14H20N4O. The highest BCUT2D eigenvalue weighted by atomic mass is 16.2. The minimum Gasteiger partial charge on any atom is -0.333 e. The lowest BCUT2D eigenvalue weighted by molar-refractivity contribution is 0.180. The molecule has 102 valence electrons. The Morgan fingerprint density at radius 2 is 2.21 bits per heavy atom. The van der Waals surface area contributed by atoms with Gasteiger partial charge in [-0.15, -0.1) is 0 Å². The molecule has 0 aromatic carbocycles. The maximum absolute atomic E-state index is 12.0. The minimum absolute atomic E-state index is 0.142. The van der Waals surface area contributed by atoms with Gasteiger partial charge >= 0.3 is 6.03 Å². The van der Waals surface area contributed by atoms with Crippen molar-refractivity contribution in [3.63, 3.8) is 0 Å². The van der Waals surface area contributed by atoms with Gasteiger partial charge < -0.3 is 5.32 Å². The average molecular weight is 260 g/mol. The number of rotatable bonds is 2. The van der Waals surface area contributed by atoms with Crippen molar-refractivity contribution >= 4 is 11.8 Å². The van der Waals surface area contributed by atoms with Gasteiger partial charge in [0.1, 0.15) is 5.82 Å². The summed E-state index contributed by atoms with van der Waals surface area (Å²) in [7, 11) is 0. The van der Waals surface area contributed by atoms with Crippen LogP contribution in [0.5, 0.6) is 0 Å². The van der Waals surface area contributed by atoms with Gasteiger partial charge in [0.05, 0.1) is 0 Å². The molecule has 2 aliphatic rings. The van der Waals surface area contributed by atoms with Crippen LogP contribution in [0.15, 0.2) is 24.4 Å². The number of fused-ring (bicyclic) bond motifs is 1. The van der Waals surface area contributed by atoms with E-state index in [2.05, 4.69) is 20.5 Å². The molecule has 3 rings (SSSR count). The molecule has 2 aliphatic heterocycles. The molecule has 0 radical (unpaired) electrons. The van der Waals surface area contributed by atoms with Crippen LogP contribution in [-0.2, 0) is 0 Å². The lowest BCUT2D eigenvalue weighted by Crippen LogP contribution is -2.48. The summed E-state index contributed by atoms with van der Waals surface area (Å²) in [6, 6.07) is 6.16. The zero-order valence-corrected chi connectivity index (χ0v) is 11.0. The predicted octanol–water partition coefficient (Wildman–Crippen LogP) is 1.83. The van der Waals surface area contributed by atoms with Crippen molar-refractivity contribution in [1.29, 1.82) is 0 Å². The van der Waals surface area contributed by atoms with Crippen LogP contribution in [0.2, 0.25) is 0 Å². The second-order valence-electron chi connectivity index (χ2n) is 5.31. The Balaban J connectivity index is 1.55. The fraction of sp³-hybridized carbons (Fsp3) is 0.571. The molecule has 19 heavy (non-hydrogen) atoms. The molecule has 5 heteroatoms. The molecule has 0 spiro atoms. The van der Waals surface area contributed by atoms with E-state index in [1.165, 1.54) is 25.8 Å². The van der Waals surface area contributed by atoms with E-state index in [-0.39, 0.29) is 12.1 Å². The molecule has 2 fully saturated rings. The highest BCUT2D eigenvalue weighted by molar-refractivity contribution is 5.88. The lowest BCUT2D eigenvalue weighted by atomic mass is 9.99. The summed E-state index contributed by atoms with van der Waals surface area (Å²) in [5, 5.41) is 5.88. The monoisotopic (exact) mass is 260 g/mol. The molecule has 2 N–H and O–H groups in total. The Labute approximate surface area is 113 Å². The second kappa shape index (κ2) is 5.57. The first kappa shape index (κ1) is 12.4. The number of hydrogen-bond donors (Lipinski definition) is 2. The van der Waals surface area contributed by atoms with Gasteiger partial charge in [-0.3, -0.25) is 10.2 Å². The quantitative estimate of drug-likeness (QED) is 0.853. The second-order valence-corrected chi connectivity index (χ2v) is 5.31. The van der Waals surface area contributed by atoms with Gasteiger partial charge in [-0.1, -0.05) is 12.5 Å². The summed E-state index contributed by atoms with van der Waals surface area (Å²) in [5.41, 5.74) is 0. The Bertz CT molecular complexity index is 436. The van der Waals surface area contributed by atoms with Crippen molar-refractivity contribution in [1.82, 2.24) is 15.2 Å². The van der Waals surface area contributed by atoms with Crippen molar-refractivity contribution in [3.8, 4) is 0 Å². The number of nitrogens with one attached hydrogen (secondary N) is 2. The molecule has 2 atom stereocenters. The van der Waals surface area contributed by atoms with Crippen LogP contribution in [0.1, 0.15) is 25.7 Å². The molecule has 0 unspecified atom stereocenters. The van der Waals surface area contributed by atoms with Gasteiger partial charge in [-0.05, 0) is 37.9 Å². The maximum atomic E-state index is 12.0. The van der Waals surface area contributed by atoms with E-state index in [0.29, 0.717) is 11.9 Å². The third kappa shape index (κ3) is 2.87. The molecule has 2 amide bonds. The van der Waals surface area contributed by atoms with Gasteiger partial charge in [0.15, 0.2) is 0 Å². The number of piperidine rings is 1. The topological polar surface area (TPSA) is 57.3 Å². The van der Waals surface area contributed by atoms with Crippen LogP contribution in [0, 0.1) is 0 Å². The maximum Gasteiger partial charge on any atom is 0.320 e. The molecule has 0 aliphatic carbocycles. The van der Waals surface area contributed by atoms with Crippen LogP contribution < -0.4 is 10.6 Å². The minimum atomic E-state index is -0.142. The summed E-state index contributed by atoms with van der Waals surface area (Å²) >= 11 is 0. The fourth-order valence-corrected chi connectivity index (χ4v) is 3.17. The first-order valence-corrected chi connectivity index (χ1v) is 7.05. The SMILES string of the molecule is O=C(Nc1ccccn1)N[C@@H]1CCN2CCCC[C@@H]12. The molecule has 5 nitrogen and oxygen atoms in total. The Kier molecular flexibility index (Phi) is 3.64. The number of hydrogen-bond acceptors (Lipinski definition) is 3. The van der Waals surface area contributed by atoms with Gasteiger partial charge in [-0.2, -0.15) is 0 Å². The van der Waals surface area contributed by atoms with Crippen molar-refractivity contribution < 1.29 is 4.79 Å². The lowest BCUT2D eigenvalue weighted by Gasteiger charge is -2.32. The zero-order valence-electron chi connectivity index (χ0n) is 11.0. The summed E-state index contributed by atoms with van der Waals surface area (Å²) < 4.78 is 0. The van der Waals surface area contributed by atoms with E-state index >= 15 is 0 Å². The van der Waals surface area contributed by atoms with Crippen LogP contribution >= 0.6 is 0 Å². The van der Waals surface area contributed by atoms with Crippen LogP contribution in [-0.4, -0.2) is 41.1 Å². The van der Waals surface area contributed by atoms with Crippen LogP contribution in [0.4, 0.5) is 10.6 Å². The van der Waals surface area contributed by atoms with E-state index < -0.39 is 0 Å². The molecule has 0 saturated carbocycles. The number of amides is 2. The highest BCUT2D eigenvalue weighted by Gasteiger charge is 2.36. The van der Waals surface area contributed by atoms with E-state index in [4.69, 9.17) is 0 Å². The summed E-state index contributed by atoms with van der Waals surface area (Å²) in [5.74, 6) is 0.596. The highest BCUT2D eigenvalue weighted by Crippen LogP contribution is 2.27. The van der Waals surface area contributed by atoms with Crippen molar-refractivity contribution in [2.24, 2.45) is 0 Å². The average Bonchev–Trinajstić information content (AvgIpc) is 2.83. The number of carbonyl (C=O) groups excluding carboxylic acids is 1. The van der Waals surface area contributed by atoms with Crippen molar-refractivity contribution in [2.75, 3.05) is 18.4 Å². The van der Waals surface area contributed by atoms with Gasteiger partial charge in [0, 0.05) is 24.8 Å². The predicted molar refractivity (Wildman–Crippen MR) is 74.0 cm³/mol. The van der Waals surface area contributed by atoms with Crippen LogP contribution in [0.3, 0.4) is 0 Å². The summed E-state index contributed by atoms with van der Waals surface area (Å²) in [6.45, 7) is 2.30. The van der Waals surface area contributed by atoms with E-state index in [0.717, 1.165) is 13.0 Å². The fourth-order valence-electron chi connectivity index (χ4n) is 3.17. The molecule has 3 heterocycles. The first-order chi connectivity index (χ1) is 9.33. The van der Waals surface area contributed by atoms with Gasteiger partial charge in [-0.25, -0.2) is 9.78 Å². The number of aromatic nitrogens is 1. The van der Waals surface area contributed by atoms with Crippen LogP contribution in [0.25, 0.3) is 0 Å². The normalized spacial score (nSPS) is 26.7.